The van der Waals surface area contributed by atoms with Crippen molar-refractivity contribution in [3.63, 3.8) is 0 Å². The van der Waals surface area contributed by atoms with E-state index in [4.69, 9.17) is 48.9 Å². The molecule has 1 aliphatic heterocycles. The number of carbonyl (C=O) groups is 1. The van der Waals surface area contributed by atoms with E-state index in [0.717, 1.165) is 37.2 Å². The Balaban J connectivity index is 0.000000205. The van der Waals surface area contributed by atoms with Crippen LogP contribution in [0.2, 0.25) is 10.0 Å². The molecule has 0 spiro atoms. The molecule has 0 bridgehead atoms. The van der Waals surface area contributed by atoms with E-state index >= 15 is 0 Å². The SMILES string of the molecule is C#CCOc1cc(-n2nc3n(c2=O)CCCC3)c(Cl)cc1Cl.CC(Oc1ccc(Oc2ccc(C(F)(F)F)cn2)cc1)C(=O)O. The van der Waals surface area contributed by atoms with E-state index in [0.29, 0.717) is 45.7 Å². The Bertz CT molecular complexity index is 1750. The molecule has 1 unspecified atom stereocenters. The van der Waals surface area contributed by atoms with E-state index in [-0.39, 0.29) is 18.2 Å². The van der Waals surface area contributed by atoms with Gasteiger partial charge in [-0.05, 0) is 56.2 Å². The number of fused-ring (bicyclic) bond motifs is 1. The third-order valence-corrected chi connectivity index (χ3v) is 6.88. The maximum absolute atomic E-state index is 12.5. The van der Waals surface area contributed by atoms with Crippen molar-refractivity contribution in [1.29, 1.82) is 0 Å². The summed E-state index contributed by atoms with van der Waals surface area (Å²) in [6.07, 6.45) is 3.20. The van der Waals surface area contributed by atoms with Gasteiger partial charge in [0.1, 0.15) is 29.7 Å². The van der Waals surface area contributed by atoms with Crippen molar-refractivity contribution in [2.45, 2.75) is 45.0 Å². The Morgan fingerprint density at radius 3 is 2.42 bits per heavy atom. The van der Waals surface area contributed by atoms with Gasteiger partial charge in [-0.3, -0.25) is 4.57 Å². The Kier molecular flexibility index (Phi) is 10.6. The lowest BCUT2D eigenvalue weighted by Gasteiger charge is -2.11. The molecular weight excluding hydrogens is 640 g/mol. The van der Waals surface area contributed by atoms with Gasteiger partial charge < -0.3 is 19.3 Å². The van der Waals surface area contributed by atoms with Gasteiger partial charge in [-0.15, -0.1) is 11.5 Å². The number of benzene rings is 2. The van der Waals surface area contributed by atoms with E-state index in [1.54, 1.807) is 10.6 Å². The van der Waals surface area contributed by atoms with Crippen molar-refractivity contribution in [2.75, 3.05) is 6.61 Å². The summed E-state index contributed by atoms with van der Waals surface area (Å²) >= 11 is 12.3. The second kappa shape index (κ2) is 14.4. The normalized spacial score (nSPS) is 13.0. The van der Waals surface area contributed by atoms with E-state index in [2.05, 4.69) is 16.0 Å². The average molecular weight is 665 g/mol. The van der Waals surface area contributed by atoms with Crippen LogP contribution in [-0.2, 0) is 23.9 Å². The molecule has 2 aromatic heterocycles. The van der Waals surface area contributed by atoms with Crippen molar-refractivity contribution in [2.24, 2.45) is 0 Å². The van der Waals surface area contributed by atoms with Crippen molar-refractivity contribution >= 4 is 29.2 Å². The van der Waals surface area contributed by atoms with Crippen LogP contribution in [0.25, 0.3) is 5.69 Å². The minimum absolute atomic E-state index is 0.00516. The molecule has 3 heterocycles. The lowest BCUT2D eigenvalue weighted by molar-refractivity contribution is -0.144. The average Bonchev–Trinajstić information content (AvgIpc) is 3.34. The molecule has 0 aliphatic carbocycles. The quantitative estimate of drug-likeness (QED) is 0.214. The number of ether oxygens (including phenoxy) is 3. The van der Waals surface area contributed by atoms with Gasteiger partial charge >= 0.3 is 17.8 Å². The summed E-state index contributed by atoms with van der Waals surface area (Å²) in [5, 5.41) is 13.8. The van der Waals surface area contributed by atoms with Crippen LogP contribution in [0.5, 0.6) is 23.1 Å². The highest BCUT2D eigenvalue weighted by Gasteiger charge is 2.30. The number of hydrogen-bond acceptors (Lipinski definition) is 7. The van der Waals surface area contributed by atoms with Crippen molar-refractivity contribution < 1.29 is 37.3 Å². The minimum Gasteiger partial charge on any atom is -0.479 e. The summed E-state index contributed by atoms with van der Waals surface area (Å²) in [4.78, 5) is 26.7. The standard InChI is InChI=1S/C15H13Cl2N3O2.C15H12F3NO4/c1-2-7-22-13-9-12(10(16)8-11(13)17)20-15(21)19-6-4-3-5-14(19)18-20;1-9(14(20)21)22-11-3-5-12(6-4-11)23-13-7-2-10(8-19-13)15(16,17)18/h1,8-9H,3-7H2;2-9H,1H3,(H,20,21). The first kappa shape index (κ1) is 33.2. The first-order chi connectivity index (χ1) is 21.4. The summed E-state index contributed by atoms with van der Waals surface area (Å²) in [6.45, 7) is 2.15. The molecular formula is C30H25Cl2F3N4O6. The predicted molar refractivity (Wildman–Crippen MR) is 159 cm³/mol. The molecule has 15 heteroatoms. The molecule has 4 aromatic rings. The number of carboxylic acid groups (broad SMARTS) is 1. The van der Waals surface area contributed by atoms with Gasteiger partial charge in [0, 0.05) is 31.3 Å². The zero-order valence-electron chi connectivity index (χ0n) is 23.6. The first-order valence-electron chi connectivity index (χ1n) is 13.3. The molecule has 1 atom stereocenters. The van der Waals surface area contributed by atoms with E-state index in [9.17, 15) is 22.8 Å². The Hall–Kier alpha value is -4.67. The van der Waals surface area contributed by atoms with Gasteiger partial charge in [-0.25, -0.2) is 14.6 Å². The number of aryl methyl sites for hydroxylation is 1. The molecule has 0 saturated heterocycles. The summed E-state index contributed by atoms with van der Waals surface area (Å²) in [6, 6.07) is 11.0. The van der Waals surface area contributed by atoms with Crippen LogP contribution < -0.4 is 19.9 Å². The molecule has 1 aliphatic rings. The number of terminal acetylenes is 1. The number of halogens is 5. The molecule has 0 radical (unpaired) electrons. The smallest absolute Gasteiger partial charge is 0.417 e. The second-order valence-corrected chi connectivity index (χ2v) is 10.3. The fourth-order valence-electron chi connectivity index (χ4n) is 4.04. The summed E-state index contributed by atoms with van der Waals surface area (Å²) in [5.41, 5.74) is -0.636. The van der Waals surface area contributed by atoms with E-state index in [1.165, 1.54) is 41.9 Å². The molecule has 0 fully saturated rings. The maximum Gasteiger partial charge on any atom is 0.417 e. The zero-order chi connectivity index (χ0) is 32.7. The molecule has 0 amide bonds. The van der Waals surface area contributed by atoms with Crippen molar-refractivity contribution in [1.82, 2.24) is 19.3 Å². The van der Waals surface area contributed by atoms with Crippen LogP contribution >= 0.6 is 23.2 Å². The van der Waals surface area contributed by atoms with Gasteiger partial charge in [-0.1, -0.05) is 29.1 Å². The lowest BCUT2D eigenvalue weighted by atomic mass is 10.2. The zero-order valence-corrected chi connectivity index (χ0v) is 25.1. The van der Waals surface area contributed by atoms with Crippen LogP contribution in [0.4, 0.5) is 13.2 Å². The molecule has 5 rings (SSSR count). The third-order valence-electron chi connectivity index (χ3n) is 6.28. The van der Waals surface area contributed by atoms with Gasteiger partial charge in [0.25, 0.3) is 0 Å². The molecule has 0 saturated carbocycles. The fraction of sp³-hybridized carbons (Fsp3) is 0.267. The molecule has 45 heavy (non-hydrogen) atoms. The number of rotatable bonds is 8. The molecule has 10 nitrogen and oxygen atoms in total. The highest BCUT2D eigenvalue weighted by molar-refractivity contribution is 6.36. The minimum atomic E-state index is -4.45. The van der Waals surface area contributed by atoms with E-state index < -0.39 is 23.8 Å². The van der Waals surface area contributed by atoms with Crippen molar-refractivity contribution in [3.8, 4) is 41.2 Å². The van der Waals surface area contributed by atoms with Crippen LogP contribution in [0.1, 0.15) is 31.2 Å². The van der Waals surface area contributed by atoms with Crippen LogP contribution in [-0.4, -0.2) is 43.1 Å². The number of aromatic nitrogens is 4. The summed E-state index contributed by atoms with van der Waals surface area (Å²) in [5.74, 6) is 3.07. The van der Waals surface area contributed by atoms with Gasteiger partial charge in [0.15, 0.2) is 6.10 Å². The van der Waals surface area contributed by atoms with E-state index in [1.807, 2.05) is 0 Å². The Morgan fingerprint density at radius 1 is 1.11 bits per heavy atom. The Morgan fingerprint density at radius 2 is 1.82 bits per heavy atom. The third kappa shape index (κ3) is 8.49. The first-order valence-corrected chi connectivity index (χ1v) is 14.1. The topological polar surface area (TPSA) is 118 Å². The summed E-state index contributed by atoms with van der Waals surface area (Å²) in [7, 11) is 0. The largest absolute Gasteiger partial charge is 0.479 e. The number of carboxylic acids is 1. The summed E-state index contributed by atoms with van der Waals surface area (Å²) < 4.78 is 56.0. The van der Waals surface area contributed by atoms with Crippen molar-refractivity contribution in [3.05, 3.63) is 86.6 Å². The number of alkyl halides is 3. The highest BCUT2D eigenvalue weighted by Crippen LogP contribution is 2.33. The van der Waals surface area contributed by atoms with Gasteiger partial charge in [0.2, 0.25) is 5.88 Å². The maximum atomic E-state index is 12.5. The molecule has 1 N–H and O–H groups in total. The number of pyridine rings is 1. The Labute approximate surface area is 264 Å². The lowest BCUT2D eigenvalue weighted by Crippen LogP contribution is -2.26. The van der Waals surface area contributed by atoms with Crippen LogP contribution in [0.3, 0.4) is 0 Å². The van der Waals surface area contributed by atoms with Gasteiger partial charge in [-0.2, -0.15) is 17.9 Å². The van der Waals surface area contributed by atoms with Crippen LogP contribution in [0.15, 0.2) is 59.5 Å². The second-order valence-electron chi connectivity index (χ2n) is 9.50. The van der Waals surface area contributed by atoms with Gasteiger partial charge in [0.05, 0.1) is 21.3 Å². The number of aliphatic carboxylic acids is 1. The molecule has 2 aromatic carbocycles. The number of hydrogen-bond donors (Lipinski definition) is 1. The van der Waals surface area contributed by atoms with Crippen LogP contribution in [0, 0.1) is 12.3 Å². The monoisotopic (exact) mass is 664 g/mol. The predicted octanol–water partition coefficient (Wildman–Crippen LogP) is 6.43. The molecule has 236 valence electrons. The number of nitrogens with zero attached hydrogens (tertiary/aromatic N) is 4. The highest BCUT2D eigenvalue weighted by atomic mass is 35.5. The fourth-order valence-corrected chi connectivity index (χ4v) is 4.55.